The molecule has 144 valence electrons. The summed E-state index contributed by atoms with van der Waals surface area (Å²) in [6.07, 6.45) is 19.7. The molecule has 2 aliphatic rings. The molecule has 0 radical (unpaired) electrons. The van der Waals surface area contributed by atoms with Crippen molar-refractivity contribution in [3.8, 4) is 11.1 Å². The fourth-order valence-electron chi connectivity index (χ4n) is 3.85. The van der Waals surface area contributed by atoms with E-state index in [4.69, 9.17) is 0 Å². The van der Waals surface area contributed by atoms with Gasteiger partial charge in [0.1, 0.15) is 6.33 Å². The monoisotopic (exact) mass is 372 g/mol. The third-order valence-electron chi connectivity index (χ3n) is 5.53. The predicted octanol–water partition coefficient (Wildman–Crippen LogP) is 4.14. The van der Waals surface area contributed by atoms with E-state index in [0.717, 1.165) is 30.6 Å². The molecule has 0 bridgehead atoms. The zero-order chi connectivity index (χ0) is 19.0. The van der Waals surface area contributed by atoms with E-state index in [1.165, 1.54) is 37.1 Å². The summed E-state index contributed by atoms with van der Waals surface area (Å²) >= 11 is 0. The second-order valence-electron chi connectivity index (χ2n) is 7.60. The Morgan fingerprint density at radius 1 is 0.929 bits per heavy atom. The number of allylic oxidation sites excluding steroid dienone is 5. The van der Waals surface area contributed by atoms with Gasteiger partial charge in [-0.1, -0.05) is 60.2 Å². The minimum Gasteiger partial charge on any atom is -0.310 e. The van der Waals surface area contributed by atoms with E-state index in [0.29, 0.717) is 6.04 Å². The largest absolute Gasteiger partial charge is 0.310 e. The molecule has 4 rings (SSSR count). The molecule has 28 heavy (non-hydrogen) atoms. The van der Waals surface area contributed by atoms with Crippen molar-refractivity contribution in [3.05, 3.63) is 84.5 Å². The summed E-state index contributed by atoms with van der Waals surface area (Å²) in [4.78, 5) is 10.8. The maximum atomic E-state index is 4.09. The van der Waals surface area contributed by atoms with Crippen molar-refractivity contribution >= 4 is 0 Å². The highest BCUT2D eigenvalue weighted by Gasteiger charge is 2.19. The summed E-state index contributed by atoms with van der Waals surface area (Å²) < 4.78 is 0. The lowest BCUT2D eigenvalue weighted by molar-refractivity contribution is 0.210. The van der Waals surface area contributed by atoms with Gasteiger partial charge in [-0.15, -0.1) is 0 Å². The second-order valence-corrected chi connectivity index (χ2v) is 7.60. The number of benzene rings is 1. The van der Waals surface area contributed by atoms with Crippen molar-refractivity contribution in [2.45, 2.75) is 31.8 Å². The average Bonchev–Trinajstić information content (AvgIpc) is 3.03. The summed E-state index contributed by atoms with van der Waals surface area (Å²) in [6.45, 7) is 4.38. The molecule has 1 aliphatic heterocycles. The number of aromatic nitrogens is 2. The van der Waals surface area contributed by atoms with Crippen molar-refractivity contribution in [2.24, 2.45) is 0 Å². The SMILES string of the molecule is C1=CC=C(CN2CCC(NCc3ccc(-c4cncnc4)cc3)CC2)CC=C1. The number of rotatable bonds is 6. The predicted molar refractivity (Wildman–Crippen MR) is 115 cm³/mol. The van der Waals surface area contributed by atoms with Crippen molar-refractivity contribution in [2.75, 3.05) is 19.6 Å². The molecule has 0 saturated carbocycles. The number of nitrogens with zero attached hydrogens (tertiary/aromatic N) is 3. The Bertz CT molecular complexity index is 829. The quantitative estimate of drug-likeness (QED) is 0.827. The smallest absolute Gasteiger partial charge is 0.115 e. The van der Waals surface area contributed by atoms with Gasteiger partial charge in [-0.2, -0.15) is 0 Å². The van der Waals surface area contributed by atoms with Gasteiger partial charge >= 0.3 is 0 Å². The Kier molecular flexibility index (Phi) is 6.43. The van der Waals surface area contributed by atoms with E-state index < -0.39 is 0 Å². The molecule has 2 aromatic rings. The first-order valence-corrected chi connectivity index (χ1v) is 10.2. The molecule has 1 N–H and O–H groups in total. The molecule has 1 aromatic heterocycles. The Morgan fingerprint density at radius 3 is 2.50 bits per heavy atom. The van der Waals surface area contributed by atoms with Gasteiger partial charge in [-0.25, -0.2) is 9.97 Å². The standard InChI is InChI=1S/C24H28N4/c1-2-4-6-21(5-3-1)18-28-13-11-24(12-14-28)27-15-20-7-9-22(10-8-20)23-16-25-19-26-17-23/h1-5,7-10,16-17,19,24,27H,6,11-15,18H2. The topological polar surface area (TPSA) is 41.0 Å². The van der Waals surface area contributed by atoms with Crippen molar-refractivity contribution in [1.29, 1.82) is 0 Å². The molecule has 1 fully saturated rings. The zero-order valence-electron chi connectivity index (χ0n) is 16.3. The molecule has 0 unspecified atom stereocenters. The van der Waals surface area contributed by atoms with Crippen LogP contribution in [0, 0.1) is 0 Å². The molecule has 1 saturated heterocycles. The first kappa shape index (κ1) is 18.8. The lowest BCUT2D eigenvalue weighted by Crippen LogP contribution is -2.42. The van der Waals surface area contributed by atoms with Gasteiger partial charge in [0.15, 0.2) is 0 Å². The first-order chi connectivity index (χ1) is 13.9. The molecule has 1 aromatic carbocycles. The summed E-state index contributed by atoms with van der Waals surface area (Å²) in [5, 5.41) is 3.74. The van der Waals surface area contributed by atoms with Crippen LogP contribution in [0.1, 0.15) is 24.8 Å². The Balaban J connectivity index is 1.22. The minimum atomic E-state index is 0.612. The highest BCUT2D eigenvalue weighted by molar-refractivity contribution is 5.61. The fourth-order valence-corrected chi connectivity index (χ4v) is 3.85. The maximum Gasteiger partial charge on any atom is 0.115 e. The van der Waals surface area contributed by atoms with Crippen LogP contribution in [0.4, 0.5) is 0 Å². The van der Waals surface area contributed by atoms with Gasteiger partial charge in [0.25, 0.3) is 0 Å². The van der Waals surface area contributed by atoms with Gasteiger partial charge in [0.2, 0.25) is 0 Å². The van der Waals surface area contributed by atoms with Crippen LogP contribution in [0.25, 0.3) is 11.1 Å². The molecule has 0 spiro atoms. The van der Waals surface area contributed by atoms with Crippen molar-refractivity contribution in [3.63, 3.8) is 0 Å². The van der Waals surface area contributed by atoms with E-state index in [-0.39, 0.29) is 0 Å². The van der Waals surface area contributed by atoms with Gasteiger partial charge in [0, 0.05) is 37.1 Å². The van der Waals surface area contributed by atoms with E-state index in [1.54, 1.807) is 6.33 Å². The Hall–Kier alpha value is -2.56. The molecule has 0 amide bonds. The molecule has 1 aliphatic carbocycles. The highest BCUT2D eigenvalue weighted by Crippen LogP contribution is 2.19. The van der Waals surface area contributed by atoms with E-state index in [2.05, 4.69) is 74.8 Å². The molecule has 0 atom stereocenters. The van der Waals surface area contributed by atoms with E-state index >= 15 is 0 Å². The van der Waals surface area contributed by atoms with Crippen LogP contribution >= 0.6 is 0 Å². The van der Waals surface area contributed by atoms with Crippen molar-refractivity contribution in [1.82, 2.24) is 20.2 Å². The normalized spacial score (nSPS) is 18.1. The molecule has 4 heteroatoms. The number of piperidine rings is 1. The van der Waals surface area contributed by atoms with Crippen LogP contribution in [0.5, 0.6) is 0 Å². The van der Waals surface area contributed by atoms with E-state index in [1.807, 2.05) is 12.4 Å². The molecule has 4 nitrogen and oxygen atoms in total. The van der Waals surface area contributed by atoms with Gasteiger partial charge < -0.3 is 5.32 Å². The van der Waals surface area contributed by atoms with Crippen LogP contribution in [0.2, 0.25) is 0 Å². The fraction of sp³-hybridized carbons (Fsp3) is 0.333. The third kappa shape index (κ3) is 5.24. The second kappa shape index (κ2) is 9.58. The van der Waals surface area contributed by atoms with Crippen LogP contribution in [-0.2, 0) is 6.54 Å². The summed E-state index contributed by atoms with van der Waals surface area (Å²) in [5.74, 6) is 0. The van der Waals surface area contributed by atoms with Crippen LogP contribution in [0.15, 0.2) is 78.9 Å². The van der Waals surface area contributed by atoms with Crippen LogP contribution < -0.4 is 5.32 Å². The number of hydrogen-bond acceptors (Lipinski definition) is 4. The minimum absolute atomic E-state index is 0.612. The first-order valence-electron chi connectivity index (χ1n) is 10.2. The molecular weight excluding hydrogens is 344 g/mol. The molecule has 2 heterocycles. The average molecular weight is 373 g/mol. The third-order valence-corrected chi connectivity index (χ3v) is 5.53. The number of hydrogen-bond donors (Lipinski definition) is 1. The summed E-state index contributed by atoms with van der Waals surface area (Å²) in [6, 6.07) is 9.32. The number of likely N-dealkylation sites (tertiary alicyclic amines) is 1. The van der Waals surface area contributed by atoms with Crippen molar-refractivity contribution < 1.29 is 0 Å². The van der Waals surface area contributed by atoms with E-state index in [9.17, 15) is 0 Å². The number of nitrogens with one attached hydrogen (secondary N) is 1. The molecular formula is C24H28N4. The van der Waals surface area contributed by atoms with Gasteiger partial charge in [-0.05, 0) is 43.5 Å². The summed E-state index contributed by atoms with van der Waals surface area (Å²) in [7, 11) is 0. The summed E-state index contributed by atoms with van der Waals surface area (Å²) in [5.41, 5.74) is 5.06. The lowest BCUT2D eigenvalue weighted by Gasteiger charge is -2.33. The van der Waals surface area contributed by atoms with Gasteiger partial charge in [-0.3, -0.25) is 4.90 Å². The zero-order valence-corrected chi connectivity index (χ0v) is 16.3. The maximum absolute atomic E-state index is 4.09. The Morgan fingerprint density at radius 2 is 1.71 bits per heavy atom. The lowest BCUT2D eigenvalue weighted by atomic mass is 10.0. The van der Waals surface area contributed by atoms with Gasteiger partial charge in [0.05, 0.1) is 0 Å². The Labute approximate surface area is 167 Å². The van der Waals surface area contributed by atoms with Crippen LogP contribution in [-0.4, -0.2) is 40.5 Å². The highest BCUT2D eigenvalue weighted by atomic mass is 15.1. The van der Waals surface area contributed by atoms with Crippen LogP contribution in [0.3, 0.4) is 0 Å².